The molecule has 0 spiro atoms. The second kappa shape index (κ2) is 6.82. The van der Waals surface area contributed by atoms with Crippen LogP contribution in [0.1, 0.15) is 11.1 Å². The van der Waals surface area contributed by atoms with Gasteiger partial charge in [-0.3, -0.25) is 0 Å². The predicted octanol–water partition coefficient (Wildman–Crippen LogP) is 2.64. The monoisotopic (exact) mass is 350 g/mol. The molecule has 1 aliphatic rings. The molecule has 4 rings (SSSR count). The molecule has 0 atom stereocenters. The Labute approximate surface area is 151 Å². The summed E-state index contributed by atoms with van der Waals surface area (Å²) in [5.74, 6) is 0.0686. The highest BCUT2D eigenvalue weighted by Gasteiger charge is 2.24. The second-order valence-electron chi connectivity index (χ2n) is 6.68. The molecule has 0 saturated heterocycles. The van der Waals surface area contributed by atoms with E-state index >= 15 is 0 Å². The van der Waals surface area contributed by atoms with Crippen LogP contribution in [0.4, 0.5) is 5.69 Å². The number of rotatable bonds is 5. The minimum Gasteiger partial charge on any atom is -0.493 e. The molecule has 6 nitrogen and oxygen atoms in total. The number of hydrogen-bond donors (Lipinski definition) is 4. The van der Waals surface area contributed by atoms with E-state index in [1.807, 2.05) is 18.2 Å². The lowest BCUT2D eigenvalue weighted by molar-refractivity contribution is -0.107. The van der Waals surface area contributed by atoms with Gasteiger partial charge in [-0.1, -0.05) is 30.3 Å². The maximum atomic E-state index is 10.6. The number of aromatic hydroxyl groups is 1. The summed E-state index contributed by atoms with van der Waals surface area (Å²) in [4.78, 5) is 16.0. The Kier molecular flexibility index (Phi) is 4.36. The number of nitrogens with zero attached hydrogens (tertiary/aromatic N) is 1. The molecule has 0 amide bonds. The van der Waals surface area contributed by atoms with Gasteiger partial charge in [-0.2, -0.15) is 0 Å². The number of aromatic amines is 1. The van der Waals surface area contributed by atoms with E-state index in [4.69, 9.17) is 0 Å². The van der Waals surface area contributed by atoms with Crippen molar-refractivity contribution in [2.45, 2.75) is 13.0 Å². The molecular formula is C20H22N4O2. The highest BCUT2D eigenvalue weighted by Crippen LogP contribution is 2.41. The van der Waals surface area contributed by atoms with Crippen molar-refractivity contribution in [2.24, 2.45) is 0 Å². The molecule has 134 valence electrons. The zero-order valence-corrected chi connectivity index (χ0v) is 14.7. The molecular weight excluding hydrogens is 328 g/mol. The topological polar surface area (TPSA) is 80.4 Å². The van der Waals surface area contributed by atoms with Crippen molar-refractivity contribution in [1.82, 2.24) is 15.3 Å². The summed E-state index contributed by atoms with van der Waals surface area (Å²) in [5, 5.41) is 11.3. The van der Waals surface area contributed by atoms with Crippen molar-refractivity contribution in [1.29, 1.82) is 0 Å². The zero-order chi connectivity index (χ0) is 18.1. The average molecular weight is 350 g/mol. The fourth-order valence-electron chi connectivity index (χ4n) is 3.72. The van der Waals surface area contributed by atoms with Gasteiger partial charge in [0.25, 0.3) is 0 Å². The van der Waals surface area contributed by atoms with Crippen molar-refractivity contribution in [3.05, 3.63) is 47.5 Å². The third-order valence-corrected chi connectivity index (χ3v) is 4.95. The standard InChI is InChI=1S/C20H22N4O2/c1-24-9-7-14-15(13-5-3-2-4-6-13)11-16-18(17(14)12-24)22-20(26)19(16)23-21-8-10-25/h2-6,10-11,21-23,26H,7-9,12H2,1H3. The molecule has 1 aliphatic heterocycles. The van der Waals surface area contributed by atoms with Gasteiger partial charge in [0.2, 0.25) is 5.88 Å². The summed E-state index contributed by atoms with van der Waals surface area (Å²) in [6.07, 6.45) is 1.74. The highest BCUT2D eigenvalue weighted by molar-refractivity contribution is 6.01. The second-order valence-corrected chi connectivity index (χ2v) is 6.68. The van der Waals surface area contributed by atoms with Crippen molar-refractivity contribution >= 4 is 22.9 Å². The number of carbonyl (C=O) groups is 1. The molecule has 1 aromatic heterocycles. The molecule has 0 radical (unpaired) electrons. The van der Waals surface area contributed by atoms with E-state index in [-0.39, 0.29) is 12.4 Å². The number of aromatic nitrogens is 1. The highest BCUT2D eigenvalue weighted by atomic mass is 16.3. The molecule has 3 aromatic rings. The van der Waals surface area contributed by atoms with Crippen LogP contribution < -0.4 is 10.9 Å². The minimum absolute atomic E-state index is 0.0686. The molecule has 2 heterocycles. The number of nitrogens with one attached hydrogen (secondary N) is 3. The fourth-order valence-corrected chi connectivity index (χ4v) is 3.72. The van der Waals surface area contributed by atoms with Crippen LogP contribution in [-0.4, -0.2) is 41.4 Å². The first-order valence-corrected chi connectivity index (χ1v) is 8.75. The summed E-state index contributed by atoms with van der Waals surface area (Å²) in [6.45, 7) is 2.00. The normalized spacial score (nSPS) is 14.3. The Morgan fingerprint density at radius 1 is 1.27 bits per heavy atom. The summed E-state index contributed by atoms with van der Waals surface area (Å²) < 4.78 is 0. The maximum Gasteiger partial charge on any atom is 0.214 e. The lowest BCUT2D eigenvalue weighted by Crippen LogP contribution is -2.27. The van der Waals surface area contributed by atoms with Crippen molar-refractivity contribution in [3.8, 4) is 17.0 Å². The van der Waals surface area contributed by atoms with E-state index in [1.54, 1.807) is 0 Å². The number of aldehydes is 1. The summed E-state index contributed by atoms with van der Waals surface area (Å²) in [6, 6.07) is 12.4. The average Bonchev–Trinajstić information content (AvgIpc) is 2.98. The van der Waals surface area contributed by atoms with Crippen LogP contribution in [0.25, 0.3) is 22.0 Å². The molecule has 0 fully saturated rings. The number of H-pyrrole nitrogens is 1. The van der Waals surface area contributed by atoms with Crippen LogP contribution in [0.2, 0.25) is 0 Å². The van der Waals surface area contributed by atoms with Gasteiger partial charge in [0.1, 0.15) is 12.0 Å². The van der Waals surface area contributed by atoms with Crippen LogP contribution in [0.15, 0.2) is 36.4 Å². The molecule has 0 saturated carbocycles. The lowest BCUT2D eigenvalue weighted by atomic mass is 9.89. The number of hydrogen-bond acceptors (Lipinski definition) is 5. The van der Waals surface area contributed by atoms with Crippen LogP contribution >= 0.6 is 0 Å². The van der Waals surface area contributed by atoms with Gasteiger partial charge in [-0.15, -0.1) is 0 Å². The Hall–Kier alpha value is -2.83. The largest absolute Gasteiger partial charge is 0.493 e. The summed E-state index contributed by atoms with van der Waals surface area (Å²) >= 11 is 0. The molecule has 0 bridgehead atoms. The maximum absolute atomic E-state index is 10.6. The Bertz CT molecular complexity index is 950. The smallest absolute Gasteiger partial charge is 0.214 e. The molecule has 0 unspecified atom stereocenters. The van der Waals surface area contributed by atoms with Gasteiger partial charge in [0.05, 0.1) is 12.1 Å². The summed E-state index contributed by atoms with van der Waals surface area (Å²) in [5.41, 5.74) is 12.2. The van der Waals surface area contributed by atoms with Crippen molar-refractivity contribution < 1.29 is 9.90 Å². The molecule has 0 aliphatic carbocycles. The van der Waals surface area contributed by atoms with E-state index in [9.17, 15) is 9.90 Å². The lowest BCUT2D eigenvalue weighted by Gasteiger charge is -2.27. The minimum atomic E-state index is 0.0686. The van der Waals surface area contributed by atoms with Crippen LogP contribution in [0.3, 0.4) is 0 Å². The van der Waals surface area contributed by atoms with Gasteiger partial charge in [0.15, 0.2) is 0 Å². The number of likely N-dealkylation sites (N-methyl/N-ethyl adjacent to an activating group) is 1. The number of fused-ring (bicyclic) bond motifs is 3. The van der Waals surface area contributed by atoms with E-state index in [1.165, 1.54) is 22.3 Å². The molecule has 4 N–H and O–H groups in total. The van der Waals surface area contributed by atoms with Gasteiger partial charge in [-0.25, -0.2) is 5.43 Å². The third kappa shape index (κ3) is 2.83. The molecule has 26 heavy (non-hydrogen) atoms. The predicted molar refractivity (Wildman–Crippen MR) is 103 cm³/mol. The first-order valence-electron chi connectivity index (χ1n) is 8.75. The van der Waals surface area contributed by atoms with Crippen LogP contribution in [0.5, 0.6) is 5.88 Å². The fraction of sp³-hybridized carbons (Fsp3) is 0.250. The van der Waals surface area contributed by atoms with Gasteiger partial charge in [0, 0.05) is 18.5 Å². The van der Waals surface area contributed by atoms with Crippen LogP contribution in [-0.2, 0) is 17.8 Å². The van der Waals surface area contributed by atoms with E-state index in [0.717, 1.165) is 36.7 Å². The number of anilines is 1. The number of hydrazine groups is 1. The van der Waals surface area contributed by atoms with Crippen molar-refractivity contribution in [2.75, 3.05) is 25.6 Å². The third-order valence-electron chi connectivity index (χ3n) is 4.95. The SMILES string of the molecule is CN1CCc2c(-c3ccccc3)cc3c(NNCC=O)c(O)[nH]c3c2C1. The van der Waals surface area contributed by atoms with Gasteiger partial charge < -0.3 is 25.2 Å². The number of carbonyl (C=O) groups excluding carboxylic acids is 1. The van der Waals surface area contributed by atoms with Gasteiger partial charge in [-0.05, 0) is 41.8 Å². The van der Waals surface area contributed by atoms with E-state index in [2.05, 4.69) is 46.0 Å². The van der Waals surface area contributed by atoms with Crippen LogP contribution in [0, 0.1) is 0 Å². The molecule has 2 aromatic carbocycles. The Balaban J connectivity index is 1.93. The van der Waals surface area contributed by atoms with E-state index < -0.39 is 0 Å². The first-order chi connectivity index (χ1) is 12.7. The van der Waals surface area contributed by atoms with E-state index in [0.29, 0.717) is 5.69 Å². The van der Waals surface area contributed by atoms with Gasteiger partial charge >= 0.3 is 0 Å². The van der Waals surface area contributed by atoms with Crippen molar-refractivity contribution in [3.63, 3.8) is 0 Å². The first kappa shape index (κ1) is 16.6. The zero-order valence-electron chi connectivity index (χ0n) is 14.7. The summed E-state index contributed by atoms with van der Waals surface area (Å²) in [7, 11) is 2.11. The number of benzene rings is 2. The quantitative estimate of drug-likeness (QED) is 0.323. The Morgan fingerprint density at radius 2 is 2.08 bits per heavy atom. The molecule has 6 heteroatoms. The Morgan fingerprint density at radius 3 is 2.85 bits per heavy atom.